The summed E-state index contributed by atoms with van der Waals surface area (Å²) in [5, 5.41) is 6.44. The first kappa shape index (κ1) is 25.2. The fourth-order valence-corrected chi connectivity index (χ4v) is 4.11. The number of benzene rings is 1. The molecule has 5 nitrogen and oxygen atoms in total. The van der Waals surface area contributed by atoms with Crippen LogP contribution in [0.5, 0.6) is 0 Å². The number of rotatable bonds is 6. The molecule has 0 unspecified atom stereocenters. The lowest BCUT2D eigenvalue weighted by molar-refractivity contribution is -0.146. The Labute approximate surface area is 181 Å². The number of methoxy groups -OCH3 is 1. The predicted octanol–water partition coefficient (Wildman–Crippen LogP) is 3.29. The predicted molar refractivity (Wildman–Crippen MR) is 118 cm³/mol. The van der Waals surface area contributed by atoms with E-state index < -0.39 is 5.60 Å². The summed E-state index contributed by atoms with van der Waals surface area (Å²) in [6.07, 6.45) is 6.74. The van der Waals surface area contributed by atoms with Crippen molar-refractivity contribution in [2.75, 3.05) is 33.3 Å². The number of hydrogen-bond acceptors (Lipinski definition) is 4. The molecule has 0 aromatic heterocycles. The van der Waals surface area contributed by atoms with E-state index >= 15 is 0 Å². The molecule has 2 fully saturated rings. The van der Waals surface area contributed by atoms with Gasteiger partial charge in [-0.3, -0.25) is 9.69 Å². The minimum atomic E-state index is -0.676. The Bertz CT molecular complexity index is 587. The molecule has 2 N–H and O–H groups in total. The number of ether oxygens (including phenoxy) is 1. The standard InChI is InChI=1S/C21H33N3O2.2ClH/c1-26-21(10-12-22-13-11-21)20(25)23-16-18-8-4-5-9-19(18)17-24-14-6-2-3-7-15-24;;/h4-5,8-9,22H,2-3,6-7,10-17H2,1H3,(H,23,25);2*1H. The number of halogens is 2. The van der Waals surface area contributed by atoms with Crippen LogP contribution < -0.4 is 10.6 Å². The van der Waals surface area contributed by atoms with Gasteiger partial charge >= 0.3 is 0 Å². The summed E-state index contributed by atoms with van der Waals surface area (Å²) >= 11 is 0. The highest BCUT2D eigenvalue weighted by atomic mass is 35.5. The van der Waals surface area contributed by atoms with Gasteiger partial charge in [0.25, 0.3) is 5.91 Å². The second kappa shape index (κ2) is 12.7. The second-order valence-corrected chi connectivity index (χ2v) is 7.59. The van der Waals surface area contributed by atoms with Crippen LogP contribution in [-0.4, -0.2) is 49.7 Å². The van der Waals surface area contributed by atoms with Crippen molar-refractivity contribution in [3.8, 4) is 0 Å². The summed E-state index contributed by atoms with van der Waals surface area (Å²) in [4.78, 5) is 15.3. The van der Waals surface area contributed by atoms with Crippen LogP contribution in [0.2, 0.25) is 0 Å². The van der Waals surface area contributed by atoms with Crippen LogP contribution in [-0.2, 0) is 22.6 Å². The molecular weight excluding hydrogens is 397 g/mol. The molecule has 2 aliphatic rings. The highest BCUT2D eigenvalue weighted by molar-refractivity contribution is 5.86. The number of hydrogen-bond donors (Lipinski definition) is 2. The number of nitrogens with zero attached hydrogens (tertiary/aromatic N) is 1. The van der Waals surface area contributed by atoms with Crippen molar-refractivity contribution >= 4 is 30.7 Å². The SMILES string of the molecule is COC1(C(=O)NCc2ccccc2CN2CCCCCC2)CCNCC1.Cl.Cl. The van der Waals surface area contributed by atoms with Crippen LogP contribution in [0, 0.1) is 0 Å². The average Bonchev–Trinajstić information content (AvgIpc) is 2.96. The maximum atomic E-state index is 12.8. The molecule has 28 heavy (non-hydrogen) atoms. The molecule has 0 bridgehead atoms. The minimum Gasteiger partial charge on any atom is -0.368 e. The summed E-state index contributed by atoms with van der Waals surface area (Å²) in [6.45, 7) is 5.56. The topological polar surface area (TPSA) is 53.6 Å². The summed E-state index contributed by atoms with van der Waals surface area (Å²) in [5.41, 5.74) is 1.86. The van der Waals surface area contributed by atoms with E-state index in [9.17, 15) is 4.79 Å². The van der Waals surface area contributed by atoms with E-state index in [0.717, 1.165) is 32.5 Å². The van der Waals surface area contributed by atoms with E-state index in [4.69, 9.17) is 4.74 Å². The Kier molecular flexibility index (Phi) is 11.4. The van der Waals surface area contributed by atoms with Crippen molar-refractivity contribution in [2.45, 2.75) is 57.2 Å². The summed E-state index contributed by atoms with van der Waals surface area (Å²) in [5.74, 6) is 0.0195. The molecular formula is C21H35Cl2N3O2. The number of nitrogens with one attached hydrogen (secondary N) is 2. The van der Waals surface area contributed by atoms with E-state index in [1.54, 1.807) is 7.11 Å². The molecule has 0 spiro atoms. The zero-order chi connectivity index (χ0) is 18.2. The van der Waals surface area contributed by atoms with E-state index in [2.05, 4.69) is 39.8 Å². The van der Waals surface area contributed by atoms with E-state index in [1.807, 2.05) is 0 Å². The van der Waals surface area contributed by atoms with Gasteiger partial charge < -0.3 is 15.4 Å². The molecule has 2 aliphatic heterocycles. The van der Waals surface area contributed by atoms with Crippen molar-refractivity contribution in [2.24, 2.45) is 0 Å². The highest BCUT2D eigenvalue weighted by Gasteiger charge is 2.39. The van der Waals surface area contributed by atoms with Gasteiger partial charge in [-0.1, -0.05) is 37.1 Å². The van der Waals surface area contributed by atoms with Gasteiger partial charge in [0.05, 0.1) is 0 Å². The van der Waals surface area contributed by atoms with Gasteiger partial charge in [-0.05, 0) is 63.0 Å². The number of carbonyl (C=O) groups is 1. The van der Waals surface area contributed by atoms with Gasteiger partial charge in [0.15, 0.2) is 0 Å². The molecule has 2 heterocycles. The van der Waals surface area contributed by atoms with Crippen LogP contribution in [0.15, 0.2) is 24.3 Å². The Balaban J connectivity index is 0.00000196. The Morgan fingerprint density at radius 3 is 2.29 bits per heavy atom. The van der Waals surface area contributed by atoms with Crippen LogP contribution in [0.3, 0.4) is 0 Å². The monoisotopic (exact) mass is 431 g/mol. The Hall–Kier alpha value is -0.850. The van der Waals surface area contributed by atoms with Crippen LogP contribution in [0.4, 0.5) is 0 Å². The third-order valence-electron chi connectivity index (χ3n) is 5.87. The zero-order valence-corrected chi connectivity index (χ0v) is 18.5. The molecule has 160 valence electrons. The van der Waals surface area contributed by atoms with Gasteiger partial charge in [0, 0.05) is 20.2 Å². The normalized spacial score (nSPS) is 19.6. The van der Waals surface area contributed by atoms with Gasteiger partial charge in [0.2, 0.25) is 0 Å². The molecule has 7 heteroatoms. The second-order valence-electron chi connectivity index (χ2n) is 7.59. The average molecular weight is 432 g/mol. The molecule has 0 aliphatic carbocycles. The number of piperidine rings is 1. The molecule has 1 aromatic carbocycles. The van der Waals surface area contributed by atoms with Crippen molar-refractivity contribution in [1.82, 2.24) is 15.5 Å². The van der Waals surface area contributed by atoms with Crippen LogP contribution >= 0.6 is 24.8 Å². The van der Waals surface area contributed by atoms with Crippen LogP contribution in [0.25, 0.3) is 0 Å². The fraction of sp³-hybridized carbons (Fsp3) is 0.667. The van der Waals surface area contributed by atoms with Gasteiger partial charge in [-0.15, -0.1) is 24.8 Å². The van der Waals surface area contributed by atoms with E-state index in [-0.39, 0.29) is 30.7 Å². The van der Waals surface area contributed by atoms with Crippen molar-refractivity contribution in [1.29, 1.82) is 0 Å². The molecule has 1 amide bonds. The number of likely N-dealkylation sites (tertiary alicyclic amines) is 1. The lowest BCUT2D eigenvalue weighted by atomic mass is 9.91. The van der Waals surface area contributed by atoms with E-state index in [0.29, 0.717) is 6.54 Å². The smallest absolute Gasteiger partial charge is 0.252 e. The summed E-state index contributed by atoms with van der Waals surface area (Å²) in [7, 11) is 1.65. The molecule has 0 atom stereocenters. The largest absolute Gasteiger partial charge is 0.368 e. The van der Waals surface area contributed by atoms with Crippen LogP contribution in [0.1, 0.15) is 49.7 Å². The molecule has 1 aromatic rings. The zero-order valence-electron chi connectivity index (χ0n) is 16.9. The van der Waals surface area contributed by atoms with Crippen molar-refractivity contribution in [3.05, 3.63) is 35.4 Å². The number of carbonyl (C=O) groups excluding carboxylic acids is 1. The lowest BCUT2D eigenvalue weighted by Gasteiger charge is -2.34. The summed E-state index contributed by atoms with van der Waals surface area (Å²) in [6, 6.07) is 8.49. The maximum absolute atomic E-state index is 12.8. The fourth-order valence-electron chi connectivity index (χ4n) is 4.11. The highest BCUT2D eigenvalue weighted by Crippen LogP contribution is 2.23. The third-order valence-corrected chi connectivity index (χ3v) is 5.87. The quantitative estimate of drug-likeness (QED) is 0.725. The van der Waals surface area contributed by atoms with Crippen molar-refractivity contribution in [3.63, 3.8) is 0 Å². The summed E-state index contributed by atoms with van der Waals surface area (Å²) < 4.78 is 5.63. The first-order valence-corrected chi connectivity index (χ1v) is 10.1. The molecule has 3 rings (SSSR count). The molecule has 0 radical (unpaired) electrons. The van der Waals surface area contributed by atoms with Gasteiger partial charge in [-0.2, -0.15) is 0 Å². The Morgan fingerprint density at radius 2 is 1.68 bits per heavy atom. The Morgan fingerprint density at radius 1 is 1.07 bits per heavy atom. The number of amides is 1. The minimum absolute atomic E-state index is 0. The maximum Gasteiger partial charge on any atom is 0.252 e. The first-order valence-electron chi connectivity index (χ1n) is 10.1. The van der Waals surface area contributed by atoms with Gasteiger partial charge in [-0.25, -0.2) is 0 Å². The molecule has 2 saturated heterocycles. The first-order chi connectivity index (χ1) is 12.7. The molecule has 0 saturated carbocycles. The van der Waals surface area contributed by atoms with E-state index in [1.165, 1.54) is 49.9 Å². The lowest BCUT2D eigenvalue weighted by Crippen LogP contribution is -2.54. The third kappa shape index (κ3) is 6.60. The van der Waals surface area contributed by atoms with Crippen molar-refractivity contribution < 1.29 is 9.53 Å². The van der Waals surface area contributed by atoms with Gasteiger partial charge in [0.1, 0.15) is 5.60 Å².